The van der Waals surface area contributed by atoms with E-state index in [1.165, 1.54) is 5.56 Å². The Morgan fingerprint density at radius 3 is 2.54 bits per heavy atom. The topological polar surface area (TPSA) is 54.9 Å². The number of hydrogen-bond donors (Lipinski definition) is 2. The van der Waals surface area contributed by atoms with Crippen LogP contribution in [0.15, 0.2) is 40.0 Å². The van der Waals surface area contributed by atoms with E-state index in [4.69, 9.17) is 9.47 Å². The van der Waals surface area contributed by atoms with Crippen molar-refractivity contribution in [3.63, 3.8) is 0 Å². The minimum Gasteiger partial charge on any atom is -0.493 e. The number of nitrogens with one attached hydrogen (secondary N) is 2. The molecule has 0 aliphatic carbocycles. The first-order valence-electron chi connectivity index (χ1n) is 7.39. The molecule has 2 aromatic rings. The van der Waals surface area contributed by atoms with E-state index in [-0.39, 0.29) is 24.0 Å². The van der Waals surface area contributed by atoms with Crippen molar-refractivity contribution in [3.05, 3.63) is 40.6 Å². The lowest BCUT2D eigenvalue weighted by Gasteiger charge is -2.16. The summed E-state index contributed by atoms with van der Waals surface area (Å²) < 4.78 is 10.6. The highest BCUT2D eigenvalue weighted by Crippen LogP contribution is 2.29. The molecular formula is C17H24IN3O2S. The monoisotopic (exact) mass is 461 g/mol. The molecule has 1 unspecified atom stereocenters. The van der Waals surface area contributed by atoms with E-state index in [1.54, 1.807) is 32.6 Å². The Kier molecular flexibility index (Phi) is 8.91. The van der Waals surface area contributed by atoms with Crippen molar-refractivity contribution in [1.82, 2.24) is 5.32 Å². The summed E-state index contributed by atoms with van der Waals surface area (Å²) in [7, 11) is 5.00. The average molecular weight is 461 g/mol. The van der Waals surface area contributed by atoms with E-state index < -0.39 is 0 Å². The second-order valence-corrected chi connectivity index (χ2v) is 5.89. The molecule has 0 spiro atoms. The zero-order valence-electron chi connectivity index (χ0n) is 14.3. The number of benzene rings is 1. The second kappa shape index (κ2) is 10.4. The molecule has 2 N–H and O–H groups in total. The first kappa shape index (κ1) is 20.6. The predicted octanol–water partition coefficient (Wildman–Crippen LogP) is 4.17. The van der Waals surface area contributed by atoms with Gasteiger partial charge in [0.15, 0.2) is 17.5 Å². The smallest absolute Gasteiger partial charge is 0.195 e. The van der Waals surface area contributed by atoms with E-state index in [0.717, 1.165) is 18.2 Å². The number of methoxy groups -OCH3 is 2. The van der Waals surface area contributed by atoms with Gasteiger partial charge in [-0.1, -0.05) is 6.92 Å². The van der Waals surface area contributed by atoms with Crippen LogP contribution in [0.3, 0.4) is 0 Å². The van der Waals surface area contributed by atoms with Gasteiger partial charge in [-0.2, -0.15) is 11.3 Å². The fourth-order valence-corrected chi connectivity index (χ4v) is 2.94. The van der Waals surface area contributed by atoms with Crippen LogP contribution in [-0.2, 0) is 0 Å². The van der Waals surface area contributed by atoms with E-state index in [1.807, 2.05) is 18.2 Å². The SMILES string of the molecule is CN=C(NCC(C)c1ccsc1)Nc1ccc(OC)c(OC)c1.I. The van der Waals surface area contributed by atoms with E-state index in [2.05, 4.69) is 39.4 Å². The van der Waals surface area contributed by atoms with E-state index >= 15 is 0 Å². The number of halogens is 1. The highest BCUT2D eigenvalue weighted by atomic mass is 127. The molecule has 0 aliphatic heterocycles. The maximum Gasteiger partial charge on any atom is 0.195 e. The molecule has 1 atom stereocenters. The fraction of sp³-hybridized carbons (Fsp3) is 0.353. The highest BCUT2D eigenvalue weighted by molar-refractivity contribution is 14.0. The molecule has 0 bridgehead atoms. The molecule has 2 rings (SSSR count). The van der Waals surface area contributed by atoms with Crippen LogP contribution in [0.4, 0.5) is 5.69 Å². The van der Waals surface area contributed by atoms with Crippen LogP contribution in [0.2, 0.25) is 0 Å². The van der Waals surface area contributed by atoms with E-state index in [0.29, 0.717) is 17.4 Å². The Morgan fingerprint density at radius 1 is 1.21 bits per heavy atom. The summed E-state index contributed by atoms with van der Waals surface area (Å²) in [6, 6.07) is 7.83. The fourth-order valence-electron chi connectivity index (χ4n) is 2.15. The normalized spacial score (nSPS) is 12.1. The highest BCUT2D eigenvalue weighted by Gasteiger charge is 2.09. The summed E-state index contributed by atoms with van der Waals surface area (Å²) in [4.78, 5) is 4.26. The largest absolute Gasteiger partial charge is 0.493 e. The number of hydrogen-bond acceptors (Lipinski definition) is 4. The Hall–Kier alpha value is -1.48. The zero-order chi connectivity index (χ0) is 16.7. The summed E-state index contributed by atoms with van der Waals surface area (Å²) in [6.07, 6.45) is 0. The molecule has 7 heteroatoms. The molecule has 1 heterocycles. The molecular weight excluding hydrogens is 437 g/mol. The van der Waals surface area contributed by atoms with Crippen molar-refractivity contribution >= 4 is 47.0 Å². The quantitative estimate of drug-likeness (QED) is 0.385. The van der Waals surface area contributed by atoms with Crippen LogP contribution < -0.4 is 20.1 Å². The van der Waals surface area contributed by atoms with Gasteiger partial charge in [0.2, 0.25) is 0 Å². The van der Waals surface area contributed by atoms with Crippen LogP contribution >= 0.6 is 35.3 Å². The molecule has 0 amide bonds. The van der Waals surface area contributed by atoms with Gasteiger partial charge in [-0.25, -0.2) is 0 Å². The number of guanidine groups is 1. The van der Waals surface area contributed by atoms with Crippen molar-refractivity contribution < 1.29 is 9.47 Å². The number of aliphatic imine (C=N–C) groups is 1. The Balaban J connectivity index is 0.00000288. The average Bonchev–Trinajstić information content (AvgIpc) is 3.12. The molecule has 0 radical (unpaired) electrons. The Bertz CT molecular complexity index is 647. The second-order valence-electron chi connectivity index (χ2n) is 5.11. The summed E-state index contributed by atoms with van der Waals surface area (Å²) in [5.74, 6) is 2.52. The molecule has 132 valence electrons. The lowest BCUT2D eigenvalue weighted by atomic mass is 10.1. The van der Waals surface area contributed by atoms with Crippen molar-refractivity contribution in [2.24, 2.45) is 4.99 Å². The van der Waals surface area contributed by atoms with Gasteiger partial charge in [0.1, 0.15) is 0 Å². The van der Waals surface area contributed by atoms with Crippen LogP contribution in [0.25, 0.3) is 0 Å². The number of thiophene rings is 1. The summed E-state index contributed by atoms with van der Waals surface area (Å²) in [5, 5.41) is 10.9. The minimum absolute atomic E-state index is 0. The van der Waals surface area contributed by atoms with Crippen LogP contribution in [0.1, 0.15) is 18.4 Å². The standard InChI is InChI=1S/C17H23N3O2S.HI/c1-12(13-7-8-23-11-13)10-19-17(18-2)20-14-5-6-15(21-3)16(9-14)22-4;/h5-9,11-12H,10H2,1-4H3,(H2,18,19,20);1H. The van der Waals surface area contributed by atoms with Gasteiger partial charge >= 0.3 is 0 Å². The summed E-state index contributed by atoms with van der Waals surface area (Å²) in [5.41, 5.74) is 2.23. The van der Waals surface area contributed by atoms with Crippen LogP contribution in [0, 0.1) is 0 Å². The number of anilines is 1. The van der Waals surface area contributed by atoms with Crippen LogP contribution in [-0.4, -0.2) is 33.8 Å². The number of rotatable bonds is 6. The minimum atomic E-state index is 0. The maximum absolute atomic E-state index is 5.32. The third-order valence-corrected chi connectivity index (χ3v) is 4.26. The van der Waals surface area contributed by atoms with Crippen LogP contribution in [0.5, 0.6) is 11.5 Å². The Morgan fingerprint density at radius 2 is 1.96 bits per heavy atom. The van der Waals surface area contributed by atoms with Gasteiger partial charge in [0, 0.05) is 25.3 Å². The van der Waals surface area contributed by atoms with Crippen molar-refractivity contribution in [3.8, 4) is 11.5 Å². The number of nitrogens with zero attached hydrogens (tertiary/aromatic N) is 1. The lowest BCUT2D eigenvalue weighted by Crippen LogP contribution is -2.33. The predicted molar refractivity (Wildman–Crippen MR) is 113 cm³/mol. The molecule has 0 saturated heterocycles. The number of ether oxygens (including phenoxy) is 2. The van der Waals surface area contributed by atoms with Gasteiger partial charge in [-0.05, 0) is 40.4 Å². The molecule has 0 fully saturated rings. The lowest BCUT2D eigenvalue weighted by molar-refractivity contribution is 0.355. The molecule has 0 aliphatic rings. The first-order chi connectivity index (χ1) is 11.2. The van der Waals surface area contributed by atoms with Gasteiger partial charge < -0.3 is 20.1 Å². The van der Waals surface area contributed by atoms with Gasteiger partial charge in [0.25, 0.3) is 0 Å². The summed E-state index contributed by atoms with van der Waals surface area (Å²) >= 11 is 1.72. The first-order valence-corrected chi connectivity index (χ1v) is 8.34. The van der Waals surface area contributed by atoms with Gasteiger partial charge in [-0.15, -0.1) is 24.0 Å². The third kappa shape index (κ3) is 5.55. The maximum atomic E-state index is 5.32. The Labute approximate surface area is 164 Å². The summed E-state index contributed by atoms with van der Waals surface area (Å²) in [6.45, 7) is 3.00. The van der Waals surface area contributed by atoms with Gasteiger partial charge in [-0.3, -0.25) is 4.99 Å². The van der Waals surface area contributed by atoms with E-state index in [9.17, 15) is 0 Å². The molecule has 24 heavy (non-hydrogen) atoms. The molecule has 1 aromatic carbocycles. The van der Waals surface area contributed by atoms with Gasteiger partial charge in [0.05, 0.1) is 14.2 Å². The third-order valence-electron chi connectivity index (χ3n) is 3.56. The molecule has 1 aromatic heterocycles. The zero-order valence-corrected chi connectivity index (χ0v) is 17.5. The van der Waals surface area contributed by atoms with Crippen molar-refractivity contribution in [1.29, 1.82) is 0 Å². The molecule has 0 saturated carbocycles. The van der Waals surface area contributed by atoms with Crippen molar-refractivity contribution in [2.45, 2.75) is 12.8 Å². The molecule has 5 nitrogen and oxygen atoms in total. The van der Waals surface area contributed by atoms with Crippen molar-refractivity contribution in [2.75, 3.05) is 33.1 Å².